The van der Waals surface area contributed by atoms with Gasteiger partial charge in [0.15, 0.2) is 0 Å². The highest BCUT2D eigenvalue weighted by atomic mass is 32.1. The number of anilines is 2. The predicted molar refractivity (Wildman–Crippen MR) is 96.3 cm³/mol. The summed E-state index contributed by atoms with van der Waals surface area (Å²) < 4.78 is 0. The minimum atomic E-state index is -0.229. The lowest BCUT2D eigenvalue weighted by atomic mass is 10.2. The highest BCUT2D eigenvalue weighted by Gasteiger charge is 2.16. The molecule has 0 bridgehead atoms. The molecule has 0 aliphatic carbocycles. The van der Waals surface area contributed by atoms with E-state index in [0.29, 0.717) is 12.2 Å². The van der Waals surface area contributed by atoms with Gasteiger partial charge in [-0.15, -0.1) is 11.3 Å². The zero-order chi connectivity index (χ0) is 16.8. The van der Waals surface area contributed by atoms with Crippen molar-refractivity contribution in [3.05, 3.63) is 40.7 Å². The normalized spacial score (nSPS) is 12.0. The maximum atomic E-state index is 12.1. The number of urea groups is 1. The zero-order valence-corrected chi connectivity index (χ0v) is 14.7. The number of rotatable bonds is 6. The molecule has 0 aliphatic rings. The number of thiophene rings is 1. The van der Waals surface area contributed by atoms with Crippen molar-refractivity contribution < 1.29 is 4.79 Å². The lowest BCUT2D eigenvalue weighted by Gasteiger charge is -2.23. The van der Waals surface area contributed by atoms with Gasteiger partial charge in [0, 0.05) is 25.5 Å². The third-order valence-corrected chi connectivity index (χ3v) is 4.39. The van der Waals surface area contributed by atoms with Gasteiger partial charge in [0.25, 0.3) is 0 Å². The molecule has 7 heteroatoms. The van der Waals surface area contributed by atoms with Crippen molar-refractivity contribution in [3.63, 3.8) is 0 Å². The molecule has 1 atom stereocenters. The lowest BCUT2D eigenvalue weighted by Crippen LogP contribution is -2.36. The van der Waals surface area contributed by atoms with Crippen LogP contribution < -0.4 is 15.5 Å². The van der Waals surface area contributed by atoms with E-state index in [1.807, 2.05) is 56.7 Å². The number of carbonyl (C=O) groups is 1. The van der Waals surface area contributed by atoms with Crippen LogP contribution in [0.2, 0.25) is 0 Å². The summed E-state index contributed by atoms with van der Waals surface area (Å²) in [4.78, 5) is 21.6. The molecule has 2 aromatic heterocycles. The molecule has 0 unspecified atom stereocenters. The van der Waals surface area contributed by atoms with Crippen LogP contribution in [0.5, 0.6) is 0 Å². The fourth-order valence-corrected chi connectivity index (χ4v) is 3.03. The Morgan fingerprint density at radius 1 is 1.26 bits per heavy atom. The van der Waals surface area contributed by atoms with Crippen molar-refractivity contribution in [2.75, 3.05) is 45.0 Å². The second-order valence-corrected chi connectivity index (χ2v) is 6.61. The molecule has 2 heterocycles. The van der Waals surface area contributed by atoms with Crippen LogP contribution in [0, 0.1) is 0 Å². The highest BCUT2D eigenvalue weighted by molar-refractivity contribution is 7.10. The molecule has 0 saturated heterocycles. The van der Waals surface area contributed by atoms with E-state index < -0.39 is 0 Å². The minimum Gasteiger partial charge on any atom is -0.363 e. The molecule has 6 nitrogen and oxygen atoms in total. The van der Waals surface area contributed by atoms with Crippen LogP contribution in [-0.4, -0.2) is 50.7 Å². The van der Waals surface area contributed by atoms with Crippen LogP contribution in [0.3, 0.4) is 0 Å². The molecule has 2 N–H and O–H groups in total. The maximum absolute atomic E-state index is 12.1. The maximum Gasteiger partial charge on any atom is 0.319 e. The summed E-state index contributed by atoms with van der Waals surface area (Å²) >= 11 is 1.69. The number of hydrogen-bond donors (Lipinski definition) is 2. The quantitative estimate of drug-likeness (QED) is 0.853. The molecular formula is C16H23N5OS. The topological polar surface area (TPSA) is 60.5 Å². The van der Waals surface area contributed by atoms with Gasteiger partial charge in [-0.3, -0.25) is 0 Å². The van der Waals surface area contributed by atoms with Crippen LogP contribution in [0.4, 0.5) is 16.3 Å². The number of amides is 2. The van der Waals surface area contributed by atoms with Crippen molar-refractivity contribution in [1.82, 2.24) is 15.2 Å². The summed E-state index contributed by atoms with van der Waals surface area (Å²) in [5.74, 6) is 0.848. The van der Waals surface area contributed by atoms with Gasteiger partial charge >= 0.3 is 6.03 Å². The van der Waals surface area contributed by atoms with E-state index in [-0.39, 0.29) is 12.1 Å². The standard InChI is InChI=1S/C16H23N5OS/c1-20(2)13(14-6-5-9-23-14)11-18-16(22)19-12-7-8-15(17-10-12)21(3)4/h5-10,13H,11H2,1-4H3,(H2,18,19,22)/t13-/m0/s1. The second-order valence-electron chi connectivity index (χ2n) is 5.63. The van der Waals surface area contributed by atoms with Gasteiger partial charge < -0.3 is 20.4 Å². The first-order valence-electron chi connectivity index (χ1n) is 7.35. The van der Waals surface area contributed by atoms with Gasteiger partial charge in [0.05, 0.1) is 17.9 Å². The first kappa shape index (κ1) is 17.2. The fourth-order valence-electron chi connectivity index (χ4n) is 2.11. The van der Waals surface area contributed by atoms with Crippen LogP contribution in [0.25, 0.3) is 0 Å². The summed E-state index contributed by atoms with van der Waals surface area (Å²) in [7, 11) is 7.87. The van der Waals surface area contributed by atoms with E-state index in [0.717, 1.165) is 5.82 Å². The van der Waals surface area contributed by atoms with Crippen LogP contribution >= 0.6 is 11.3 Å². The van der Waals surface area contributed by atoms with E-state index >= 15 is 0 Å². The van der Waals surface area contributed by atoms with Gasteiger partial charge in [0.1, 0.15) is 5.82 Å². The lowest BCUT2D eigenvalue weighted by molar-refractivity contribution is 0.244. The molecule has 0 radical (unpaired) electrons. The average Bonchev–Trinajstić information content (AvgIpc) is 3.01. The minimum absolute atomic E-state index is 0.162. The third-order valence-electron chi connectivity index (χ3n) is 3.41. The summed E-state index contributed by atoms with van der Waals surface area (Å²) in [6.07, 6.45) is 1.65. The number of pyridine rings is 1. The van der Waals surface area contributed by atoms with Gasteiger partial charge in [-0.2, -0.15) is 0 Å². The number of aromatic nitrogens is 1. The molecular weight excluding hydrogens is 310 g/mol. The van der Waals surface area contributed by atoms with Gasteiger partial charge in [-0.05, 0) is 37.7 Å². The fraction of sp³-hybridized carbons (Fsp3) is 0.375. The summed E-state index contributed by atoms with van der Waals surface area (Å²) in [5, 5.41) is 7.76. The smallest absolute Gasteiger partial charge is 0.319 e. The second kappa shape index (κ2) is 7.94. The van der Waals surface area contributed by atoms with Gasteiger partial charge in [-0.25, -0.2) is 9.78 Å². The van der Waals surface area contributed by atoms with E-state index in [9.17, 15) is 4.79 Å². The number of carbonyl (C=O) groups excluding carboxylic acids is 1. The average molecular weight is 333 g/mol. The monoisotopic (exact) mass is 333 g/mol. The molecule has 2 aromatic rings. The van der Waals surface area contributed by atoms with Crippen molar-refractivity contribution in [2.24, 2.45) is 0 Å². The number of nitrogens with one attached hydrogen (secondary N) is 2. The molecule has 0 fully saturated rings. The van der Waals surface area contributed by atoms with Crippen molar-refractivity contribution in [3.8, 4) is 0 Å². The van der Waals surface area contributed by atoms with Gasteiger partial charge in [-0.1, -0.05) is 6.07 Å². The van der Waals surface area contributed by atoms with Crippen molar-refractivity contribution >= 4 is 28.9 Å². The Hall–Kier alpha value is -2.12. The molecule has 2 rings (SSSR count). The Bertz CT molecular complexity index is 610. The van der Waals surface area contributed by atoms with E-state index in [1.165, 1.54) is 4.88 Å². The largest absolute Gasteiger partial charge is 0.363 e. The summed E-state index contributed by atoms with van der Waals surface area (Å²) in [5.41, 5.74) is 0.672. The molecule has 23 heavy (non-hydrogen) atoms. The molecule has 2 amide bonds. The Labute approximate surface area is 141 Å². The van der Waals surface area contributed by atoms with Crippen LogP contribution in [0.15, 0.2) is 35.8 Å². The highest BCUT2D eigenvalue weighted by Crippen LogP contribution is 2.22. The number of likely N-dealkylation sites (N-methyl/N-ethyl adjacent to an activating group) is 1. The first-order chi connectivity index (χ1) is 11.0. The van der Waals surface area contributed by atoms with Crippen molar-refractivity contribution in [2.45, 2.75) is 6.04 Å². The van der Waals surface area contributed by atoms with E-state index in [1.54, 1.807) is 17.5 Å². The Morgan fingerprint density at radius 2 is 2.04 bits per heavy atom. The first-order valence-corrected chi connectivity index (χ1v) is 8.23. The third kappa shape index (κ3) is 4.94. The molecule has 0 saturated carbocycles. The molecule has 0 aliphatic heterocycles. The molecule has 124 valence electrons. The number of hydrogen-bond acceptors (Lipinski definition) is 5. The van der Waals surface area contributed by atoms with Crippen LogP contribution in [0.1, 0.15) is 10.9 Å². The Morgan fingerprint density at radius 3 is 2.57 bits per heavy atom. The zero-order valence-electron chi connectivity index (χ0n) is 13.9. The predicted octanol–water partition coefficient (Wildman–Crippen LogP) is 2.63. The van der Waals surface area contributed by atoms with Crippen LogP contribution in [-0.2, 0) is 0 Å². The molecule has 0 spiro atoms. The Balaban J connectivity index is 1.89. The van der Waals surface area contributed by atoms with Gasteiger partial charge in [0.2, 0.25) is 0 Å². The van der Waals surface area contributed by atoms with E-state index in [2.05, 4.69) is 26.6 Å². The SMILES string of the molecule is CN(C)c1ccc(NC(=O)NC[C@@H](c2cccs2)N(C)C)cn1. The summed E-state index contributed by atoms with van der Waals surface area (Å²) in [6.45, 7) is 0.544. The molecule has 0 aromatic carbocycles. The number of nitrogens with zero attached hydrogens (tertiary/aromatic N) is 3. The Kier molecular flexibility index (Phi) is 5.95. The van der Waals surface area contributed by atoms with Crippen molar-refractivity contribution in [1.29, 1.82) is 0 Å². The van der Waals surface area contributed by atoms with E-state index in [4.69, 9.17) is 0 Å². The summed E-state index contributed by atoms with van der Waals surface area (Å²) in [6, 6.07) is 7.74.